The fourth-order valence-electron chi connectivity index (χ4n) is 3.11. The Bertz CT molecular complexity index is 618. The Morgan fingerprint density at radius 1 is 1.17 bits per heavy atom. The van der Waals surface area contributed by atoms with E-state index in [1.807, 2.05) is 54.4 Å². The molecular weight excluding hydrogens is 310 g/mol. The number of rotatable bonds is 4. The number of piperidine rings is 1. The molecule has 0 spiro atoms. The van der Waals surface area contributed by atoms with Crippen LogP contribution in [0, 0.1) is 5.92 Å². The number of likely N-dealkylation sites (tertiary alicyclic amines) is 1. The van der Waals surface area contributed by atoms with E-state index in [1.165, 1.54) is 0 Å². The molecule has 0 unspecified atom stereocenters. The molecule has 1 amide bonds. The van der Waals surface area contributed by atoms with Gasteiger partial charge in [0.1, 0.15) is 5.69 Å². The molecule has 5 heteroatoms. The summed E-state index contributed by atoms with van der Waals surface area (Å²) in [6, 6.07) is 14.0. The van der Waals surface area contributed by atoms with Gasteiger partial charge in [0.15, 0.2) is 0 Å². The number of hydrogen-bond acceptors (Lipinski definition) is 2. The second-order valence-corrected chi connectivity index (χ2v) is 5.94. The van der Waals surface area contributed by atoms with E-state index in [4.69, 9.17) is 0 Å². The summed E-state index contributed by atoms with van der Waals surface area (Å²) < 4.78 is 0. The van der Waals surface area contributed by atoms with E-state index >= 15 is 0 Å². The van der Waals surface area contributed by atoms with E-state index in [-0.39, 0.29) is 18.3 Å². The van der Waals surface area contributed by atoms with Crippen LogP contribution in [0.15, 0.2) is 42.5 Å². The van der Waals surface area contributed by atoms with Gasteiger partial charge in [0, 0.05) is 18.8 Å². The van der Waals surface area contributed by atoms with Crippen LogP contribution in [0.4, 0.5) is 0 Å². The Hall–Kier alpha value is -1.78. The lowest BCUT2D eigenvalue weighted by atomic mass is 9.97. The van der Waals surface area contributed by atoms with Crippen LogP contribution in [-0.4, -0.2) is 42.5 Å². The second kappa shape index (κ2) is 8.18. The zero-order chi connectivity index (χ0) is 15.4. The standard InChI is InChI=1S/C18H23N3O.ClH/c1-19-13-14-9-11-21(12-10-14)18(22)17-8-7-16(20-17)15-5-3-2-4-6-15;/h2-8,14,19-20H,9-13H2,1H3;1H. The third-order valence-corrected chi connectivity index (χ3v) is 4.40. The summed E-state index contributed by atoms with van der Waals surface area (Å²) in [6.07, 6.45) is 2.16. The SMILES string of the molecule is CNCC1CCN(C(=O)c2ccc(-c3ccccc3)[nH]2)CC1.Cl. The van der Waals surface area contributed by atoms with Crippen molar-refractivity contribution in [1.82, 2.24) is 15.2 Å². The first-order valence-electron chi connectivity index (χ1n) is 7.96. The predicted molar refractivity (Wildman–Crippen MR) is 96.0 cm³/mol. The van der Waals surface area contributed by atoms with E-state index < -0.39 is 0 Å². The minimum absolute atomic E-state index is 0. The Kier molecular flexibility index (Phi) is 6.25. The van der Waals surface area contributed by atoms with Crippen LogP contribution in [-0.2, 0) is 0 Å². The average Bonchev–Trinajstić information content (AvgIpc) is 3.06. The average molecular weight is 334 g/mol. The Labute approximate surface area is 143 Å². The van der Waals surface area contributed by atoms with Crippen molar-refractivity contribution in [3.63, 3.8) is 0 Å². The fourth-order valence-corrected chi connectivity index (χ4v) is 3.11. The number of nitrogens with zero attached hydrogens (tertiary/aromatic N) is 1. The molecule has 1 fully saturated rings. The topological polar surface area (TPSA) is 48.1 Å². The van der Waals surface area contributed by atoms with Crippen molar-refractivity contribution in [3.8, 4) is 11.3 Å². The number of hydrogen-bond donors (Lipinski definition) is 2. The lowest BCUT2D eigenvalue weighted by molar-refractivity contribution is 0.0686. The van der Waals surface area contributed by atoms with Crippen LogP contribution in [0.3, 0.4) is 0 Å². The third kappa shape index (κ3) is 4.15. The van der Waals surface area contributed by atoms with Gasteiger partial charge in [-0.15, -0.1) is 12.4 Å². The van der Waals surface area contributed by atoms with Crippen molar-refractivity contribution in [2.45, 2.75) is 12.8 Å². The number of aromatic amines is 1. The second-order valence-electron chi connectivity index (χ2n) is 5.94. The Morgan fingerprint density at radius 3 is 2.52 bits per heavy atom. The molecule has 2 aromatic rings. The molecule has 4 nitrogen and oxygen atoms in total. The fraction of sp³-hybridized carbons (Fsp3) is 0.389. The van der Waals surface area contributed by atoms with Crippen molar-refractivity contribution in [1.29, 1.82) is 0 Å². The molecule has 124 valence electrons. The summed E-state index contributed by atoms with van der Waals surface area (Å²) in [5, 5.41) is 3.23. The number of amides is 1. The normalized spacial score (nSPS) is 15.3. The van der Waals surface area contributed by atoms with E-state index in [2.05, 4.69) is 10.3 Å². The highest BCUT2D eigenvalue weighted by atomic mass is 35.5. The van der Waals surface area contributed by atoms with E-state index in [1.54, 1.807) is 0 Å². The highest BCUT2D eigenvalue weighted by Gasteiger charge is 2.24. The lowest BCUT2D eigenvalue weighted by Crippen LogP contribution is -2.40. The van der Waals surface area contributed by atoms with Crippen molar-refractivity contribution in [3.05, 3.63) is 48.2 Å². The molecule has 23 heavy (non-hydrogen) atoms. The van der Waals surface area contributed by atoms with Crippen molar-refractivity contribution in [2.75, 3.05) is 26.7 Å². The van der Waals surface area contributed by atoms with Gasteiger partial charge in [-0.25, -0.2) is 0 Å². The van der Waals surface area contributed by atoms with Crippen molar-refractivity contribution in [2.24, 2.45) is 5.92 Å². The zero-order valence-corrected chi connectivity index (χ0v) is 14.2. The minimum Gasteiger partial charge on any atom is -0.351 e. The molecule has 2 N–H and O–H groups in total. The molecule has 0 saturated carbocycles. The van der Waals surface area contributed by atoms with Crippen LogP contribution in [0.5, 0.6) is 0 Å². The number of carbonyl (C=O) groups is 1. The quantitative estimate of drug-likeness (QED) is 0.902. The highest BCUT2D eigenvalue weighted by Crippen LogP contribution is 2.21. The van der Waals surface area contributed by atoms with Gasteiger partial charge >= 0.3 is 0 Å². The molecule has 2 heterocycles. The highest BCUT2D eigenvalue weighted by molar-refractivity contribution is 5.93. The first-order valence-corrected chi connectivity index (χ1v) is 7.96. The maximum absolute atomic E-state index is 12.6. The summed E-state index contributed by atoms with van der Waals surface area (Å²) in [7, 11) is 1.99. The molecule has 0 aliphatic carbocycles. The predicted octanol–water partition coefficient (Wildman–Crippen LogP) is 3.18. The number of aromatic nitrogens is 1. The summed E-state index contributed by atoms with van der Waals surface area (Å²) in [6.45, 7) is 2.75. The minimum atomic E-state index is 0. The summed E-state index contributed by atoms with van der Waals surface area (Å²) >= 11 is 0. The molecule has 0 radical (unpaired) electrons. The first kappa shape index (κ1) is 17.6. The van der Waals surface area contributed by atoms with Gasteiger partial charge in [-0.1, -0.05) is 30.3 Å². The van der Waals surface area contributed by atoms with Gasteiger partial charge in [-0.05, 0) is 50.0 Å². The van der Waals surface area contributed by atoms with Gasteiger partial charge in [-0.3, -0.25) is 4.79 Å². The molecule has 0 bridgehead atoms. The number of halogens is 1. The van der Waals surface area contributed by atoms with Crippen LogP contribution in [0.25, 0.3) is 11.3 Å². The van der Waals surface area contributed by atoms with Crippen LogP contribution in [0.1, 0.15) is 23.3 Å². The molecule has 1 aromatic carbocycles. The maximum Gasteiger partial charge on any atom is 0.270 e. The Balaban J connectivity index is 0.00000192. The molecule has 3 rings (SSSR count). The number of nitrogens with one attached hydrogen (secondary N) is 2. The van der Waals surface area contributed by atoms with Gasteiger partial charge in [0.2, 0.25) is 0 Å². The largest absolute Gasteiger partial charge is 0.351 e. The summed E-state index contributed by atoms with van der Waals surface area (Å²) in [4.78, 5) is 17.8. The smallest absolute Gasteiger partial charge is 0.270 e. The molecular formula is C18H24ClN3O. The number of benzene rings is 1. The molecule has 0 atom stereocenters. The number of H-pyrrole nitrogens is 1. The van der Waals surface area contributed by atoms with Gasteiger partial charge in [-0.2, -0.15) is 0 Å². The van der Waals surface area contributed by atoms with Gasteiger partial charge in [0.25, 0.3) is 5.91 Å². The third-order valence-electron chi connectivity index (χ3n) is 4.40. The van der Waals surface area contributed by atoms with Gasteiger partial charge in [0.05, 0.1) is 0 Å². The molecule has 1 aliphatic rings. The molecule has 1 saturated heterocycles. The van der Waals surface area contributed by atoms with E-state index in [0.29, 0.717) is 11.6 Å². The lowest BCUT2D eigenvalue weighted by Gasteiger charge is -2.31. The van der Waals surface area contributed by atoms with Crippen molar-refractivity contribution < 1.29 is 4.79 Å². The Morgan fingerprint density at radius 2 is 1.87 bits per heavy atom. The van der Waals surface area contributed by atoms with Crippen LogP contribution in [0.2, 0.25) is 0 Å². The van der Waals surface area contributed by atoms with Crippen molar-refractivity contribution >= 4 is 18.3 Å². The van der Waals surface area contributed by atoms with E-state index in [9.17, 15) is 4.79 Å². The molecule has 1 aromatic heterocycles. The van der Waals surface area contributed by atoms with E-state index in [0.717, 1.165) is 43.7 Å². The summed E-state index contributed by atoms with van der Waals surface area (Å²) in [5.41, 5.74) is 2.79. The van der Waals surface area contributed by atoms with Crippen LogP contribution < -0.4 is 5.32 Å². The monoisotopic (exact) mass is 333 g/mol. The zero-order valence-electron chi connectivity index (χ0n) is 13.4. The van der Waals surface area contributed by atoms with Crippen LogP contribution >= 0.6 is 12.4 Å². The van der Waals surface area contributed by atoms with Gasteiger partial charge < -0.3 is 15.2 Å². The summed E-state index contributed by atoms with van der Waals surface area (Å²) in [5.74, 6) is 0.808. The molecule has 1 aliphatic heterocycles. The first-order chi connectivity index (χ1) is 10.8. The number of carbonyl (C=O) groups excluding carboxylic acids is 1. The maximum atomic E-state index is 12.6.